The topological polar surface area (TPSA) is 159 Å². The van der Waals surface area contributed by atoms with E-state index < -0.39 is 59.7 Å². The van der Waals surface area contributed by atoms with Crippen molar-refractivity contribution >= 4 is 40.6 Å². The zero-order chi connectivity index (χ0) is 32.7. The molecule has 1 fully saturated rings. The van der Waals surface area contributed by atoms with Crippen LogP contribution in [0.1, 0.15) is 60.5 Å². The number of nitrogens with zero attached hydrogens (tertiary/aromatic N) is 1. The van der Waals surface area contributed by atoms with Crippen LogP contribution in [0.2, 0.25) is 0 Å². The maximum atomic E-state index is 14.0. The van der Waals surface area contributed by atoms with E-state index in [0.29, 0.717) is 23.8 Å². The third-order valence-corrected chi connectivity index (χ3v) is 8.62. The number of aliphatic carboxylic acids is 3. The molecule has 3 aromatic rings. The second kappa shape index (κ2) is 14.8. The van der Waals surface area contributed by atoms with Crippen LogP contribution in [0.25, 0.3) is 10.8 Å². The zero-order valence-corrected chi connectivity index (χ0v) is 25.4. The van der Waals surface area contributed by atoms with Crippen molar-refractivity contribution in [3.8, 4) is 0 Å². The second-order valence-corrected chi connectivity index (χ2v) is 11.6. The van der Waals surface area contributed by atoms with Crippen molar-refractivity contribution in [1.82, 2.24) is 4.90 Å². The highest BCUT2D eigenvalue weighted by Gasteiger charge is 2.65. The van der Waals surface area contributed by atoms with Crippen molar-refractivity contribution in [3.63, 3.8) is 0 Å². The summed E-state index contributed by atoms with van der Waals surface area (Å²) in [6.45, 7) is 3.73. The van der Waals surface area contributed by atoms with Gasteiger partial charge in [0.1, 0.15) is 0 Å². The van der Waals surface area contributed by atoms with Crippen molar-refractivity contribution in [2.45, 2.75) is 58.6 Å². The number of hydrogen-bond acceptors (Lipinski definition) is 6. The molecule has 238 valence electrons. The van der Waals surface area contributed by atoms with Crippen LogP contribution >= 0.6 is 0 Å². The first-order valence-corrected chi connectivity index (χ1v) is 15.3. The van der Waals surface area contributed by atoms with E-state index in [-0.39, 0.29) is 13.0 Å². The molecule has 1 unspecified atom stereocenters. The molecule has 0 spiro atoms. The molecule has 0 heterocycles. The predicted octanol–water partition coefficient (Wildman–Crippen LogP) is 5.41. The molecule has 3 atom stereocenters. The Labute approximate surface area is 261 Å². The van der Waals surface area contributed by atoms with Gasteiger partial charge in [-0.2, -0.15) is 0 Å². The second-order valence-electron chi connectivity index (χ2n) is 11.6. The number of esters is 1. The molecule has 3 aromatic carbocycles. The van der Waals surface area contributed by atoms with Crippen LogP contribution in [0, 0.1) is 30.6 Å². The van der Waals surface area contributed by atoms with Crippen molar-refractivity contribution in [1.29, 1.82) is 0 Å². The van der Waals surface area contributed by atoms with E-state index in [1.54, 1.807) is 19.1 Å². The summed E-state index contributed by atoms with van der Waals surface area (Å²) in [7, 11) is 0. The molecule has 10 nitrogen and oxygen atoms in total. The SMILES string of the molecule is CCCN(C(=O)[C@H]1[C@H](C(=O)O)[C@H](C(=O)O)[C@H]1C(=O)O)C(CCCCCc1ccccc1)OC(=O)c1cccc2cccc(C)c12. The van der Waals surface area contributed by atoms with Gasteiger partial charge < -0.3 is 25.0 Å². The lowest BCUT2D eigenvalue weighted by atomic mass is 9.56. The van der Waals surface area contributed by atoms with Gasteiger partial charge in [0.25, 0.3) is 0 Å². The molecule has 10 heteroatoms. The quantitative estimate of drug-likeness (QED) is 0.115. The Balaban J connectivity index is 1.63. The Morgan fingerprint density at radius 2 is 1.36 bits per heavy atom. The minimum Gasteiger partial charge on any atom is -0.481 e. The van der Waals surface area contributed by atoms with E-state index in [9.17, 15) is 39.3 Å². The standard InChI is InChI=1S/C35H39NO9/c1-3-20-36(31(37)27-28(32(38)39)30(34(42)43)29(27)33(40)41)25(19-9-5-8-15-22-13-6-4-7-14-22)45-35(44)24-18-11-17-23-16-10-12-21(2)26(23)24/h4,6-7,10-14,16-18,25,27-30H,3,5,8-9,15,19-20H2,1-2H3,(H,38,39)(H,40,41)(H,42,43)/t25?,27-,28-,29-,30-/m0/s1. The lowest BCUT2D eigenvalue weighted by Gasteiger charge is -2.46. The number of fused-ring (bicyclic) bond motifs is 1. The van der Waals surface area contributed by atoms with Crippen LogP contribution in [0.3, 0.4) is 0 Å². The highest BCUT2D eigenvalue weighted by molar-refractivity contribution is 6.06. The van der Waals surface area contributed by atoms with Gasteiger partial charge in [0.2, 0.25) is 5.91 Å². The fraction of sp³-hybridized carbons (Fsp3) is 0.400. The number of benzene rings is 3. The van der Waals surface area contributed by atoms with Gasteiger partial charge in [-0.25, -0.2) is 4.79 Å². The largest absolute Gasteiger partial charge is 0.481 e. The Hall–Kier alpha value is -4.73. The molecule has 0 saturated heterocycles. The monoisotopic (exact) mass is 617 g/mol. The smallest absolute Gasteiger partial charge is 0.340 e. The summed E-state index contributed by atoms with van der Waals surface area (Å²) in [6.07, 6.45) is 2.54. The summed E-state index contributed by atoms with van der Waals surface area (Å²) in [6, 6.07) is 20.9. The van der Waals surface area contributed by atoms with Crippen LogP contribution in [0.4, 0.5) is 0 Å². The summed E-state index contributed by atoms with van der Waals surface area (Å²) < 4.78 is 6.04. The summed E-state index contributed by atoms with van der Waals surface area (Å²) >= 11 is 0. The number of carbonyl (C=O) groups excluding carboxylic acids is 2. The first-order chi connectivity index (χ1) is 21.6. The number of carbonyl (C=O) groups is 5. The normalized spacial score (nSPS) is 19.7. The van der Waals surface area contributed by atoms with Crippen molar-refractivity contribution in [3.05, 3.63) is 83.4 Å². The van der Waals surface area contributed by atoms with Crippen LogP contribution < -0.4 is 0 Å². The summed E-state index contributed by atoms with van der Waals surface area (Å²) in [5.74, 6) is -13.0. The van der Waals surface area contributed by atoms with E-state index in [1.165, 1.54) is 10.5 Å². The molecule has 1 aliphatic rings. The van der Waals surface area contributed by atoms with E-state index in [4.69, 9.17) is 4.74 Å². The van der Waals surface area contributed by atoms with Crippen molar-refractivity contribution < 1.29 is 44.0 Å². The molecule has 0 bridgehead atoms. The Kier molecular flexibility index (Phi) is 10.9. The van der Waals surface area contributed by atoms with Gasteiger partial charge in [0.05, 0.1) is 29.2 Å². The van der Waals surface area contributed by atoms with Gasteiger partial charge >= 0.3 is 23.9 Å². The van der Waals surface area contributed by atoms with Gasteiger partial charge in [-0.3, -0.25) is 19.2 Å². The molecule has 1 saturated carbocycles. The van der Waals surface area contributed by atoms with Crippen LogP contribution in [-0.2, 0) is 30.3 Å². The van der Waals surface area contributed by atoms with Gasteiger partial charge in [-0.05, 0) is 60.6 Å². The van der Waals surface area contributed by atoms with Gasteiger partial charge in [0.15, 0.2) is 6.23 Å². The Bertz CT molecular complexity index is 1530. The molecule has 1 amide bonds. The molecule has 1 aliphatic carbocycles. The predicted molar refractivity (Wildman–Crippen MR) is 165 cm³/mol. The number of carboxylic acids is 3. The number of ether oxygens (including phenoxy) is 1. The van der Waals surface area contributed by atoms with E-state index in [2.05, 4.69) is 0 Å². The number of rotatable bonds is 15. The molecule has 4 rings (SSSR count). The van der Waals surface area contributed by atoms with Crippen molar-refractivity contribution in [2.24, 2.45) is 23.7 Å². The first kappa shape index (κ1) is 33.2. The Morgan fingerprint density at radius 3 is 1.96 bits per heavy atom. The lowest BCUT2D eigenvalue weighted by Crippen LogP contribution is -2.63. The van der Waals surface area contributed by atoms with Crippen molar-refractivity contribution in [2.75, 3.05) is 6.54 Å². The van der Waals surface area contributed by atoms with Gasteiger partial charge in [0, 0.05) is 13.0 Å². The van der Waals surface area contributed by atoms with Crippen LogP contribution in [-0.4, -0.2) is 62.8 Å². The number of amides is 1. The minimum atomic E-state index is -1.75. The van der Waals surface area contributed by atoms with E-state index in [0.717, 1.165) is 30.2 Å². The number of hydrogen-bond donors (Lipinski definition) is 3. The third kappa shape index (κ3) is 7.33. The number of carboxylic acid groups (broad SMARTS) is 3. The summed E-state index contributed by atoms with van der Waals surface area (Å²) in [5, 5.41) is 30.8. The average molecular weight is 618 g/mol. The maximum Gasteiger partial charge on any atom is 0.340 e. The lowest BCUT2D eigenvalue weighted by molar-refractivity contribution is -0.192. The highest BCUT2D eigenvalue weighted by atomic mass is 16.6. The first-order valence-electron chi connectivity index (χ1n) is 15.3. The van der Waals surface area contributed by atoms with E-state index in [1.807, 2.05) is 61.5 Å². The van der Waals surface area contributed by atoms with Crippen LogP contribution in [0.15, 0.2) is 66.7 Å². The summed E-state index contributed by atoms with van der Waals surface area (Å²) in [4.78, 5) is 65.0. The molecule has 0 aromatic heterocycles. The average Bonchev–Trinajstić information content (AvgIpc) is 2.98. The van der Waals surface area contributed by atoms with Crippen LogP contribution in [0.5, 0.6) is 0 Å². The van der Waals surface area contributed by atoms with E-state index >= 15 is 0 Å². The maximum absolute atomic E-state index is 14.0. The van der Waals surface area contributed by atoms with Gasteiger partial charge in [-0.1, -0.05) is 74.0 Å². The molecule has 0 radical (unpaired) electrons. The molecule has 0 aliphatic heterocycles. The fourth-order valence-corrected chi connectivity index (χ4v) is 6.44. The number of aryl methyl sites for hydroxylation is 2. The van der Waals surface area contributed by atoms with Gasteiger partial charge in [-0.15, -0.1) is 0 Å². The Morgan fingerprint density at radius 1 is 0.756 bits per heavy atom. The molecular weight excluding hydrogens is 578 g/mol. The third-order valence-electron chi connectivity index (χ3n) is 8.62. The zero-order valence-electron chi connectivity index (χ0n) is 25.4. The highest BCUT2D eigenvalue weighted by Crippen LogP contribution is 2.48. The fourth-order valence-electron chi connectivity index (χ4n) is 6.44. The molecule has 3 N–H and O–H groups in total. The molecular formula is C35H39NO9. The minimum absolute atomic E-state index is 0.0578. The molecule has 45 heavy (non-hydrogen) atoms. The summed E-state index contributed by atoms with van der Waals surface area (Å²) in [5.41, 5.74) is 2.36. The number of unbranched alkanes of at least 4 members (excludes halogenated alkanes) is 2.